The SMILES string of the molecule is CO[Si](C)(C)C/C=C/CC1CC(=O)OC1=O. The number of ether oxygens (including phenoxy) is 1. The summed E-state index contributed by atoms with van der Waals surface area (Å²) in [4.78, 5) is 22.0. The number of carbonyl (C=O) groups is 2. The van der Waals surface area contributed by atoms with E-state index in [1.165, 1.54) is 0 Å². The minimum absolute atomic E-state index is 0.217. The fourth-order valence-electron chi connectivity index (χ4n) is 1.41. The van der Waals surface area contributed by atoms with Gasteiger partial charge >= 0.3 is 11.9 Å². The van der Waals surface area contributed by atoms with Gasteiger partial charge in [0.25, 0.3) is 0 Å². The second-order valence-corrected chi connectivity index (χ2v) is 8.91. The Morgan fingerprint density at radius 3 is 2.62 bits per heavy atom. The molecule has 0 N–H and O–H groups in total. The first-order chi connectivity index (χ1) is 7.44. The van der Waals surface area contributed by atoms with E-state index in [0.29, 0.717) is 6.42 Å². The van der Waals surface area contributed by atoms with Crippen LogP contribution in [0.2, 0.25) is 19.1 Å². The van der Waals surface area contributed by atoms with Gasteiger partial charge in [-0.2, -0.15) is 0 Å². The Morgan fingerprint density at radius 1 is 1.44 bits per heavy atom. The first-order valence-corrected chi connectivity index (χ1v) is 8.51. The molecule has 0 radical (unpaired) electrons. The molecule has 1 saturated heterocycles. The number of allylic oxidation sites excluding steroid dienone is 2. The number of esters is 2. The van der Waals surface area contributed by atoms with Crippen LogP contribution in [0.1, 0.15) is 12.8 Å². The van der Waals surface area contributed by atoms with Crippen molar-refractivity contribution in [3.63, 3.8) is 0 Å². The van der Waals surface area contributed by atoms with Crippen molar-refractivity contribution < 1.29 is 18.8 Å². The van der Waals surface area contributed by atoms with Crippen LogP contribution in [-0.2, 0) is 18.8 Å². The first-order valence-electron chi connectivity index (χ1n) is 5.39. The molecule has 0 spiro atoms. The van der Waals surface area contributed by atoms with Crippen LogP contribution in [0, 0.1) is 5.92 Å². The molecule has 0 aromatic rings. The Kier molecular flexibility index (Phi) is 4.43. The Hall–Kier alpha value is -0.943. The zero-order chi connectivity index (χ0) is 12.2. The van der Waals surface area contributed by atoms with E-state index in [-0.39, 0.29) is 12.3 Å². The standard InChI is InChI=1S/C11H18O4Si/c1-14-16(2,3)7-5-4-6-9-8-10(12)15-11(9)13/h4-5,9H,6-8H2,1-3H3/b5-4+. The Balaban J connectivity index is 2.32. The number of cyclic esters (lactones) is 2. The molecule has 1 atom stereocenters. The molecule has 4 nitrogen and oxygen atoms in total. The number of carbonyl (C=O) groups excluding carboxylic acids is 2. The van der Waals surface area contributed by atoms with Gasteiger partial charge in [-0.3, -0.25) is 9.59 Å². The van der Waals surface area contributed by atoms with Gasteiger partial charge in [0.15, 0.2) is 8.32 Å². The molecule has 0 saturated carbocycles. The van der Waals surface area contributed by atoms with Crippen LogP contribution in [0.4, 0.5) is 0 Å². The summed E-state index contributed by atoms with van der Waals surface area (Å²) in [5.74, 6) is -1.08. The van der Waals surface area contributed by atoms with Crippen LogP contribution in [-0.4, -0.2) is 27.4 Å². The monoisotopic (exact) mass is 242 g/mol. The maximum atomic E-state index is 11.1. The third-order valence-electron chi connectivity index (χ3n) is 2.71. The third kappa shape index (κ3) is 3.90. The number of hydrogen-bond donors (Lipinski definition) is 0. The molecule has 1 heterocycles. The summed E-state index contributed by atoms with van der Waals surface area (Å²) < 4.78 is 9.85. The van der Waals surface area contributed by atoms with Crippen molar-refractivity contribution in [1.82, 2.24) is 0 Å². The molecule has 0 aromatic carbocycles. The van der Waals surface area contributed by atoms with Crippen LogP contribution in [0.15, 0.2) is 12.2 Å². The van der Waals surface area contributed by atoms with E-state index in [0.717, 1.165) is 6.04 Å². The van der Waals surface area contributed by atoms with Gasteiger partial charge in [0, 0.05) is 7.11 Å². The van der Waals surface area contributed by atoms with Crippen LogP contribution in [0.5, 0.6) is 0 Å². The summed E-state index contributed by atoms with van der Waals surface area (Å²) in [6.07, 6.45) is 4.77. The maximum absolute atomic E-state index is 11.1. The van der Waals surface area contributed by atoms with Gasteiger partial charge in [-0.15, -0.1) is 0 Å². The predicted molar refractivity (Wildman–Crippen MR) is 62.3 cm³/mol. The van der Waals surface area contributed by atoms with Crippen molar-refractivity contribution in [2.45, 2.75) is 32.0 Å². The second-order valence-electron chi connectivity index (χ2n) is 4.57. The molecule has 1 aliphatic rings. The molecule has 5 heteroatoms. The van der Waals surface area contributed by atoms with Crippen molar-refractivity contribution in [1.29, 1.82) is 0 Å². The van der Waals surface area contributed by atoms with Crippen LogP contribution in [0.3, 0.4) is 0 Å². The largest absolute Gasteiger partial charge is 0.420 e. The normalized spacial score (nSPS) is 21.8. The van der Waals surface area contributed by atoms with E-state index < -0.39 is 20.3 Å². The van der Waals surface area contributed by atoms with Crippen molar-refractivity contribution >= 4 is 20.3 Å². The number of hydrogen-bond acceptors (Lipinski definition) is 4. The van der Waals surface area contributed by atoms with Gasteiger partial charge in [0.05, 0.1) is 12.3 Å². The summed E-state index contributed by atoms with van der Waals surface area (Å²) in [5.41, 5.74) is 0. The minimum atomic E-state index is -1.55. The summed E-state index contributed by atoms with van der Waals surface area (Å²) in [6.45, 7) is 4.26. The molecular formula is C11H18O4Si. The molecule has 0 aromatic heterocycles. The minimum Gasteiger partial charge on any atom is -0.420 e. The van der Waals surface area contributed by atoms with Crippen molar-refractivity contribution in [3.05, 3.63) is 12.2 Å². The van der Waals surface area contributed by atoms with Gasteiger partial charge in [-0.1, -0.05) is 12.2 Å². The van der Waals surface area contributed by atoms with E-state index in [4.69, 9.17) is 4.43 Å². The maximum Gasteiger partial charge on any atom is 0.317 e. The van der Waals surface area contributed by atoms with Crippen LogP contribution < -0.4 is 0 Å². The molecule has 0 bridgehead atoms. The van der Waals surface area contributed by atoms with Crippen molar-refractivity contribution in [3.8, 4) is 0 Å². The molecule has 1 rings (SSSR count). The molecule has 1 fully saturated rings. The van der Waals surface area contributed by atoms with E-state index >= 15 is 0 Å². The third-order valence-corrected chi connectivity index (χ3v) is 5.03. The van der Waals surface area contributed by atoms with E-state index in [2.05, 4.69) is 17.8 Å². The molecule has 1 aliphatic heterocycles. The van der Waals surface area contributed by atoms with Crippen LogP contribution >= 0.6 is 0 Å². The lowest BCUT2D eigenvalue weighted by atomic mass is 10.0. The van der Waals surface area contributed by atoms with Gasteiger partial charge in [0.1, 0.15) is 0 Å². The molecular weight excluding hydrogens is 224 g/mol. The topological polar surface area (TPSA) is 52.6 Å². The Labute approximate surface area is 96.7 Å². The molecule has 0 amide bonds. The highest BCUT2D eigenvalue weighted by Crippen LogP contribution is 2.20. The lowest BCUT2D eigenvalue weighted by molar-refractivity contribution is -0.153. The summed E-state index contributed by atoms with van der Waals surface area (Å²) in [5, 5.41) is 0. The molecule has 90 valence electrons. The van der Waals surface area contributed by atoms with E-state index in [1.807, 2.05) is 12.2 Å². The Morgan fingerprint density at radius 2 is 2.12 bits per heavy atom. The lowest BCUT2D eigenvalue weighted by Gasteiger charge is -2.17. The van der Waals surface area contributed by atoms with Gasteiger partial charge in [0.2, 0.25) is 0 Å². The zero-order valence-corrected chi connectivity index (χ0v) is 11.0. The van der Waals surface area contributed by atoms with E-state index in [9.17, 15) is 9.59 Å². The van der Waals surface area contributed by atoms with Crippen LogP contribution in [0.25, 0.3) is 0 Å². The quantitative estimate of drug-likeness (QED) is 0.320. The number of rotatable bonds is 5. The lowest BCUT2D eigenvalue weighted by Crippen LogP contribution is -2.27. The molecule has 16 heavy (non-hydrogen) atoms. The molecule has 1 unspecified atom stereocenters. The van der Waals surface area contributed by atoms with Gasteiger partial charge in [-0.05, 0) is 25.6 Å². The second kappa shape index (κ2) is 5.40. The highest BCUT2D eigenvalue weighted by Gasteiger charge is 2.32. The van der Waals surface area contributed by atoms with Gasteiger partial charge in [-0.25, -0.2) is 0 Å². The Bertz CT molecular complexity index is 309. The fourth-order valence-corrected chi connectivity index (χ4v) is 2.31. The highest BCUT2D eigenvalue weighted by molar-refractivity contribution is 6.71. The molecule has 0 aliphatic carbocycles. The fraction of sp³-hybridized carbons (Fsp3) is 0.636. The van der Waals surface area contributed by atoms with Crippen molar-refractivity contribution in [2.24, 2.45) is 5.92 Å². The van der Waals surface area contributed by atoms with E-state index in [1.54, 1.807) is 7.11 Å². The summed E-state index contributed by atoms with van der Waals surface area (Å²) in [7, 11) is 0.175. The average molecular weight is 242 g/mol. The summed E-state index contributed by atoms with van der Waals surface area (Å²) in [6, 6.07) is 0.916. The predicted octanol–water partition coefficient (Wildman–Crippen LogP) is 1.87. The smallest absolute Gasteiger partial charge is 0.317 e. The first kappa shape index (κ1) is 13.1. The van der Waals surface area contributed by atoms with Gasteiger partial charge < -0.3 is 9.16 Å². The van der Waals surface area contributed by atoms with Crippen molar-refractivity contribution in [2.75, 3.05) is 7.11 Å². The highest BCUT2D eigenvalue weighted by atomic mass is 28.4. The zero-order valence-electron chi connectivity index (χ0n) is 9.99. The summed E-state index contributed by atoms with van der Waals surface area (Å²) >= 11 is 0. The average Bonchev–Trinajstić information content (AvgIpc) is 2.52.